The number of aromatic nitrogens is 1. The number of rotatable bonds is 1. The highest BCUT2D eigenvalue weighted by molar-refractivity contribution is 14.1. The van der Waals surface area contributed by atoms with Crippen molar-refractivity contribution in [3.05, 3.63) is 21.9 Å². The molecule has 2 aliphatic rings. The topological polar surface area (TPSA) is 45.7 Å². The Balaban J connectivity index is 1.71. The van der Waals surface area contributed by atoms with Crippen molar-refractivity contribution in [2.24, 2.45) is 0 Å². The van der Waals surface area contributed by atoms with Crippen LogP contribution in [0.3, 0.4) is 0 Å². The molecule has 3 heterocycles. The first-order valence-corrected chi connectivity index (χ1v) is 8.79. The lowest BCUT2D eigenvalue weighted by Gasteiger charge is -2.41. The standard InChI is InChI=1S/C16H22IN3O2/c1-16(2,3)22-15(21)19-9-12-5-6-13(10-19)20(12)14-7-4-11(17)8-18-14/h4,7-8,12-13H,5-6,9-10H2,1-3H3. The van der Waals surface area contributed by atoms with Gasteiger partial charge in [-0.05, 0) is 68.3 Å². The summed E-state index contributed by atoms with van der Waals surface area (Å²) in [5.41, 5.74) is -0.440. The Morgan fingerprint density at radius 3 is 2.41 bits per heavy atom. The van der Waals surface area contributed by atoms with E-state index >= 15 is 0 Å². The average molecular weight is 415 g/mol. The van der Waals surface area contributed by atoms with Gasteiger partial charge >= 0.3 is 6.09 Å². The van der Waals surface area contributed by atoms with Crippen LogP contribution >= 0.6 is 22.6 Å². The second kappa shape index (κ2) is 5.86. The van der Waals surface area contributed by atoms with E-state index in [0.717, 1.165) is 35.3 Å². The number of carbonyl (C=O) groups excluding carboxylic acids is 1. The second-order valence-corrected chi connectivity index (χ2v) is 8.26. The number of nitrogens with zero attached hydrogens (tertiary/aromatic N) is 3. The molecule has 22 heavy (non-hydrogen) atoms. The molecule has 2 bridgehead atoms. The van der Waals surface area contributed by atoms with Gasteiger partial charge in [0.25, 0.3) is 0 Å². The normalized spacial score (nSPS) is 24.5. The fourth-order valence-electron chi connectivity index (χ4n) is 3.27. The monoisotopic (exact) mass is 415 g/mol. The van der Waals surface area contributed by atoms with Gasteiger partial charge in [-0.1, -0.05) is 0 Å². The van der Waals surface area contributed by atoms with Crippen LogP contribution in [-0.4, -0.2) is 46.8 Å². The van der Waals surface area contributed by atoms with Gasteiger partial charge in [-0.2, -0.15) is 0 Å². The van der Waals surface area contributed by atoms with Gasteiger partial charge in [-0.3, -0.25) is 0 Å². The number of likely N-dealkylation sites (tertiary alicyclic amines) is 1. The van der Waals surface area contributed by atoms with Crippen molar-refractivity contribution in [1.82, 2.24) is 9.88 Å². The zero-order chi connectivity index (χ0) is 15.9. The molecule has 0 aliphatic carbocycles. The molecule has 0 aromatic carbocycles. The lowest BCUT2D eigenvalue weighted by atomic mass is 10.2. The Hall–Kier alpha value is -1.05. The van der Waals surface area contributed by atoms with Crippen LogP contribution in [0.25, 0.3) is 0 Å². The summed E-state index contributed by atoms with van der Waals surface area (Å²) in [6, 6.07) is 4.86. The SMILES string of the molecule is CC(C)(C)OC(=O)N1CC2CCC(C1)N2c1ccc(I)cn1. The zero-order valence-corrected chi connectivity index (χ0v) is 15.4. The minimum atomic E-state index is -0.440. The Labute approximate surface area is 145 Å². The molecule has 1 aromatic heterocycles. The van der Waals surface area contributed by atoms with Crippen LogP contribution in [0.5, 0.6) is 0 Å². The number of fused-ring (bicyclic) bond motifs is 2. The molecule has 120 valence electrons. The lowest BCUT2D eigenvalue weighted by molar-refractivity contribution is 0.0209. The molecule has 2 unspecified atom stereocenters. The molecule has 2 saturated heterocycles. The van der Waals surface area contributed by atoms with Crippen LogP contribution in [0, 0.1) is 3.57 Å². The summed E-state index contributed by atoms with van der Waals surface area (Å²) < 4.78 is 6.65. The van der Waals surface area contributed by atoms with Crippen LogP contribution in [-0.2, 0) is 4.74 Å². The summed E-state index contributed by atoms with van der Waals surface area (Å²) in [6.45, 7) is 7.17. The Morgan fingerprint density at radius 2 is 1.91 bits per heavy atom. The van der Waals surface area contributed by atoms with Crippen molar-refractivity contribution in [2.75, 3.05) is 18.0 Å². The van der Waals surface area contributed by atoms with Gasteiger partial charge in [-0.15, -0.1) is 0 Å². The highest BCUT2D eigenvalue weighted by Gasteiger charge is 2.42. The summed E-state index contributed by atoms with van der Waals surface area (Å²) in [4.78, 5) is 21.1. The minimum absolute atomic E-state index is 0.195. The van der Waals surface area contributed by atoms with Crippen LogP contribution in [0.4, 0.5) is 10.6 Å². The molecule has 2 fully saturated rings. The number of anilines is 1. The maximum absolute atomic E-state index is 12.3. The van der Waals surface area contributed by atoms with Gasteiger partial charge in [0.1, 0.15) is 11.4 Å². The fourth-order valence-corrected chi connectivity index (χ4v) is 3.59. The van der Waals surface area contributed by atoms with Gasteiger partial charge in [0, 0.05) is 34.9 Å². The number of halogens is 1. The van der Waals surface area contributed by atoms with Crippen molar-refractivity contribution in [1.29, 1.82) is 0 Å². The maximum atomic E-state index is 12.3. The molecule has 0 N–H and O–H groups in total. The van der Waals surface area contributed by atoms with Gasteiger partial charge in [0.05, 0.1) is 0 Å². The number of carbonyl (C=O) groups is 1. The average Bonchev–Trinajstić information content (AvgIpc) is 2.68. The van der Waals surface area contributed by atoms with E-state index in [2.05, 4.69) is 44.6 Å². The third-order valence-corrected chi connectivity index (χ3v) is 4.75. The Kier molecular flexibility index (Phi) is 4.22. The number of piperazine rings is 1. The first-order chi connectivity index (χ1) is 10.3. The number of hydrogen-bond acceptors (Lipinski definition) is 4. The van der Waals surface area contributed by atoms with Crippen molar-refractivity contribution in [2.45, 2.75) is 51.3 Å². The van der Waals surface area contributed by atoms with Gasteiger partial charge in [0.15, 0.2) is 0 Å². The smallest absolute Gasteiger partial charge is 0.410 e. The van der Waals surface area contributed by atoms with Gasteiger partial charge < -0.3 is 14.5 Å². The summed E-state index contributed by atoms with van der Waals surface area (Å²) in [7, 11) is 0. The van der Waals surface area contributed by atoms with Crippen molar-refractivity contribution in [3.8, 4) is 0 Å². The highest BCUT2D eigenvalue weighted by atomic mass is 127. The molecular formula is C16H22IN3O2. The third-order valence-electron chi connectivity index (χ3n) is 4.11. The first-order valence-electron chi connectivity index (χ1n) is 7.71. The molecule has 1 amide bonds. The molecule has 0 spiro atoms. The van der Waals surface area contributed by atoms with Gasteiger partial charge in [0.2, 0.25) is 0 Å². The molecule has 0 saturated carbocycles. The fraction of sp³-hybridized carbons (Fsp3) is 0.625. The zero-order valence-electron chi connectivity index (χ0n) is 13.3. The quantitative estimate of drug-likeness (QED) is 0.661. The second-order valence-electron chi connectivity index (χ2n) is 7.01. The molecule has 1 aromatic rings. The Bertz CT molecular complexity index is 542. The molecular weight excluding hydrogens is 393 g/mol. The molecule has 2 aliphatic heterocycles. The van der Waals surface area contributed by atoms with E-state index in [4.69, 9.17) is 4.74 Å². The van der Waals surface area contributed by atoms with E-state index in [1.54, 1.807) is 0 Å². The van der Waals surface area contributed by atoms with E-state index in [1.807, 2.05) is 31.9 Å². The lowest BCUT2D eigenvalue weighted by Crippen LogP contribution is -2.56. The third kappa shape index (κ3) is 3.31. The minimum Gasteiger partial charge on any atom is -0.444 e. The van der Waals surface area contributed by atoms with Gasteiger partial charge in [-0.25, -0.2) is 9.78 Å². The number of pyridine rings is 1. The van der Waals surface area contributed by atoms with E-state index in [1.165, 1.54) is 0 Å². The van der Waals surface area contributed by atoms with Crippen molar-refractivity contribution in [3.63, 3.8) is 0 Å². The van der Waals surface area contributed by atoms with Crippen LogP contribution < -0.4 is 4.90 Å². The van der Waals surface area contributed by atoms with E-state index in [9.17, 15) is 4.79 Å². The molecule has 5 nitrogen and oxygen atoms in total. The van der Waals surface area contributed by atoms with E-state index in [-0.39, 0.29) is 6.09 Å². The summed E-state index contributed by atoms with van der Waals surface area (Å²) in [5, 5.41) is 0. The first kappa shape index (κ1) is 15.8. The summed E-state index contributed by atoms with van der Waals surface area (Å²) in [6.07, 6.45) is 3.92. The van der Waals surface area contributed by atoms with E-state index in [0.29, 0.717) is 12.1 Å². The molecule has 0 radical (unpaired) electrons. The largest absolute Gasteiger partial charge is 0.444 e. The number of hydrogen-bond donors (Lipinski definition) is 0. The van der Waals surface area contributed by atoms with Crippen LogP contribution in [0.15, 0.2) is 18.3 Å². The van der Waals surface area contributed by atoms with E-state index < -0.39 is 5.60 Å². The molecule has 2 atom stereocenters. The number of ether oxygens (including phenoxy) is 1. The van der Waals surface area contributed by atoms with Crippen molar-refractivity contribution >= 4 is 34.5 Å². The van der Waals surface area contributed by atoms with Crippen LogP contribution in [0.2, 0.25) is 0 Å². The Morgan fingerprint density at radius 1 is 1.27 bits per heavy atom. The maximum Gasteiger partial charge on any atom is 0.410 e. The molecule has 3 rings (SSSR count). The highest BCUT2D eigenvalue weighted by Crippen LogP contribution is 2.34. The molecule has 6 heteroatoms. The van der Waals surface area contributed by atoms with Crippen LogP contribution in [0.1, 0.15) is 33.6 Å². The summed E-state index contributed by atoms with van der Waals surface area (Å²) in [5.74, 6) is 1.02. The van der Waals surface area contributed by atoms with Crippen molar-refractivity contribution < 1.29 is 9.53 Å². The predicted molar refractivity (Wildman–Crippen MR) is 94.1 cm³/mol. The summed E-state index contributed by atoms with van der Waals surface area (Å²) >= 11 is 2.27. The number of amides is 1. The predicted octanol–water partition coefficient (Wildman–Crippen LogP) is 3.27.